The molecule has 0 unspecified atom stereocenters. The van der Waals surface area contributed by atoms with Crippen molar-refractivity contribution in [3.63, 3.8) is 0 Å². The molecule has 0 fully saturated rings. The summed E-state index contributed by atoms with van der Waals surface area (Å²) >= 11 is 3.26. The van der Waals surface area contributed by atoms with Crippen molar-refractivity contribution < 1.29 is 9.53 Å². The van der Waals surface area contributed by atoms with E-state index >= 15 is 0 Å². The Labute approximate surface area is 104 Å². The van der Waals surface area contributed by atoms with Gasteiger partial charge in [0.1, 0.15) is 16.0 Å². The highest BCUT2D eigenvalue weighted by Gasteiger charge is 2.21. The lowest BCUT2D eigenvalue weighted by Gasteiger charge is -2.20. The summed E-state index contributed by atoms with van der Waals surface area (Å²) in [5.41, 5.74) is -0.498. The van der Waals surface area contributed by atoms with E-state index in [2.05, 4.69) is 20.9 Å². The molecule has 0 spiro atoms. The van der Waals surface area contributed by atoms with Crippen LogP contribution in [-0.2, 0) is 4.74 Å². The molecule has 16 heavy (non-hydrogen) atoms. The van der Waals surface area contributed by atoms with Gasteiger partial charge in [-0.25, -0.2) is 14.3 Å². The lowest BCUT2D eigenvalue weighted by atomic mass is 10.2. The highest BCUT2D eigenvalue weighted by molar-refractivity contribution is 9.10. The first kappa shape index (κ1) is 13.2. The minimum absolute atomic E-state index is 0.166. The van der Waals surface area contributed by atoms with Crippen molar-refractivity contribution in [3.05, 3.63) is 16.6 Å². The number of carbonyl (C=O) groups is 1. The van der Waals surface area contributed by atoms with Crippen LogP contribution in [0.5, 0.6) is 0 Å². The van der Waals surface area contributed by atoms with E-state index in [-0.39, 0.29) is 5.92 Å². The summed E-state index contributed by atoms with van der Waals surface area (Å²) in [4.78, 5) is 16.1. The van der Waals surface area contributed by atoms with E-state index in [1.165, 1.54) is 4.57 Å². The number of carbonyl (C=O) groups excluding carboxylic acids is 1. The SMILES string of the molecule is CC(C)c1nc(Br)cn1C(=O)OC(C)(C)C. The third-order valence-corrected chi connectivity index (χ3v) is 2.19. The van der Waals surface area contributed by atoms with Crippen LogP contribution < -0.4 is 0 Å². The Kier molecular flexibility index (Phi) is 3.78. The zero-order valence-electron chi connectivity index (χ0n) is 10.2. The van der Waals surface area contributed by atoms with Crippen LogP contribution in [0.3, 0.4) is 0 Å². The lowest BCUT2D eigenvalue weighted by molar-refractivity contribution is 0.0530. The number of ether oxygens (including phenoxy) is 1. The van der Waals surface area contributed by atoms with Crippen LogP contribution in [0.2, 0.25) is 0 Å². The largest absolute Gasteiger partial charge is 0.443 e. The van der Waals surface area contributed by atoms with Crippen LogP contribution in [0.15, 0.2) is 10.8 Å². The molecule has 0 bridgehead atoms. The first-order valence-corrected chi connectivity index (χ1v) is 5.98. The second kappa shape index (κ2) is 4.57. The van der Waals surface area contributed by atoms with Gasteiger partial charge in [-0.05, 0) is 36.7 Å². The summed E-state index contributed by atoms with van der Waals surface area (Å²) in [7, 11) is 0. The van der Waals surface area contributed by atoms with E-state index in [9.17, 15) is 4.79 Å². The van der Waals surface area contributed by atoms with Crippen LogP contribution >= 0.6 is 15.9 Å². The maximum absolute atomic E-state index is 11.9. The predicted octanol–water partition coefficient (Wildman–Crippen LogP) is 3.55. The first-order chi connectivity index (χ1) is 7.20. The topological polar surface area (TPSA) is 44.1 Å². The standard InChI is InChI=1S/C11H17BrN2O2/c1-7(2)9-13-8(12)6-14(9)10(15)16-11(3,4)5/h6-7H,1-5H3. The predicted molar refractivity (Wildman–Crippen MR) is 65.6 cm³/mol. The van der Waals surface area contributed by atoms with E-state index in [4.69, 9.17) is 4.74 Å². The molecule has 0 aliphatic rings. The molecule has 4 nitrogen and oxygen atoms in total. The maximum Gasteiger partial charge on any atom is 0.420 e. The summed E-state index contributed by atoms with van der Waals surface area (Å²) in [6.45, 7) is 9.48. The van der Waals surface area contributed by atoms with E-state index in [1.54, 1.807) is 6.20 Å². The van der Waals surface area contributed by atoms with E-state index in [0.717, 1.165) is 0 Å². The molecule has 0 saturated heterocycles. The van der Waals surface area contributed by atoms with Gasteiger partial charge in [-0.15, -0.1) is 0 Å². The van der Waals surface area contributed by atoms with Crippen LogP contribution in [0.1, 0.15) is 46.4 Å². The molecular formula is C11H17BrN2O2. The van der Waals surface area contributed by atoms with Crippen molar-refractivity contribution >= 4 is 22.0 Å². The number of nitrogens with zero attached hydrogens (tertiary/aromatic N) is 2. The number of aromatic nitrogens is 2. The van der Waals surface area contributed by atoms with E-state index < -0.39 is 11.7 Å². The molecule has 0 aliphatic carbocycles. The number of hydrogen-bond acceptors (Lipinski definition) is 3. The Hall–Kier alpha value is -0.840. The van der Waals surface area contributed by atoms with Crippen LogP contribution in [-0.4, -0.2) is 21.2 Å². The van der Waals surface area contributed by atoms with Crippen molar-refractivity contribution in [3.8, 4) is 0 Å². The van der Waals surface area contributed by atoms with E-state index in [0.29, 0.717) is 10.4 Å². The zero-order chi connectivity index (χ0) is 12.5. The molecule has 0 radical (unpaired) electrons. The molecule has 1 aromatic rings. The van der Waals surface area contributed by atoms with Gasteiger partial charge >= 0.3 is 6.09 Å². The molecule has 1 rings (SSSR count). The first-order valence-electron chi connectivity index (χ1n) is 5.19. The normalized spacial score (nSPS) is 11.9. The Morgan fingerprint density at radius 2 is 2.06 bits per heavy atom. The minimum Gasteiger partial charge on any atom is -0.443 e. The zero-order valence-corrected chi connectivity index (χ0v) is 11.8. The van der Waals surface area contributed by atoms with Crippen molar-refractivity contribution in [2.24, 2.45) is 0 Å². The average molecular weight is 289 g/mol. The summed E-state index contributed by atoms with van der Waals surface area (Å²) < 4.78 is 7.38. The van der Waals surface area contributed by atoms with Crippen LogP contribution in [0, 0.1) is 0 Å². The Morgan fingerprint density at radius 1 is 1.50 bits per heavy atom. The summed E-state index contributed by atoms with van der Waals surface area (Å²) in [5.74, 6) is 0.861. The number of rotatable bonds is 1. The second-order valence-electron chi connectivity index (χ2n) is 4.93. The Morgan fingerprint density at radius 3 is 2.50 bits per heavy atom. The molecule has 0 saturated carbocycles. The fraction of sp³-hybridized carbons (Fsp3) is 0.636. The molecule has 0 N–H and O–H groups in total. The van der Waals surface area contributed by atoms with Gasteiger partial charge in [-0.3, -0.25) is 0 Å². The smallest absolute Gasteiger partial charge is 0.420 e. The molecular weight excluding hydrogens is 272 g/mol. The van der Waals surface area contributed by atoms with E-state index in [1.807, 2.05) is 34.6 Å². The van der Waals surface area contributed by atoms with Crippen molar-refractivity contribution in [1.29, 1.82) is 0 Å². The molecule has 0 aromatic carbocycles. The third-order valence-electron chi connectivity index (χ3n) is 1.81. The Balaban J connectivity index is 2.99. The second-order valence-corrected chi connectivity index (χ2v) is 5.74. The molecule has 0 aliphatic heterocycles. The van der Waals surface area contributed by atoms with Crippen LogP contribution in [0.4, 0.5) is 4.79 Å². The number of halogens is 1. The third kappa shape index (κ3) is 3.33. The van der Waals surface area contributed by atoms with Crippen molar-refractivity contribution in [2.45, 2.75) is 46.1 Å². The Bertz CT molecular complexity index is 391. The minimum atomic E-state index is -0.498. The molecule has 0 amide bonds. The van der Waals surface area contributed by atoms with Gasteiger partial charge in [0.25, 0.3) is 0 Å². The molecule has 1 aromatic heterocycles. The molecule has 5 heteroatoms. The van der Waals surface area contributed by atoms with Gasteiger partial charge in [-0.1, -0.05) is 13.8 Å². The van der Waals surface area contributed by atoms with Gasteiger partial charge in [0.2, 0.25) is 0 Å². The van der Waals surface area contributed by atoms with Crippen molar-refractivity contribution in [1.82, 2.24) is 9.55 Å². The molecule has 0 atom stereocenters. The van der Waals surface area contributed by atoms with Gasteiger partial charge in [0, 0.05) is 12.1 Å². The van der Waals surface area contributed by atoms with Gasteiger partial charge in [0.15, 0.2) is 0 Å². The summed E-state index contributed by atoms with van der Waals surface area (Å²) in [6, 6.07) is 0. The quantitative estimate of drug-likeness (QED) is 0.794. The summed E-state index contributed by atoms with van der Waals surface area (Å²) in [6.07, 6.45) is 1.23. The average Bonchev–Trinajstić information content (AvgIpc) is 2.44. The highest BCUT2D eigenvalue weighted by Crippen LogP contribution is 2.19. The number of imidazole rings is 1. The van der Waals surface area contributed by atoms with Gasteiger partial charge in [-0.2, -0.15) is 0 Å². The fourth-order valence-corrected chi connectivity index (χ4v) is 1.62. The van der Waals surface area contributed by atoms with Crippen molar-refractivity contribution in [2.75, 3.05) is 0 Å². The monoisotopic (exact) mass is 288 g/mol. The fourth-order valence-electron chi connectivity index (χ4n) is 1.23. The highest BCUT2D eigenvalue weighted by atomic mass is 79.9. The molecule has 90 valence electrons. The van der Waals surface area contributed by atoms with Gasteiger partial charge in [0.05, 0.1) is 0 Å². The maximum atomic E-state index is 11.9. The lowest BCUT2D eigenvalue weighted by Crippen LogP contribution is -2.28. The number of hydrogen-bond donors (Lipinski definition) is 0. The van der Waals surface area contributed by atoms with Gasteiger partial charge < -0.3 is 4.74 Å². The summed E-state index contributed by atoms with van der Waals surface area (Å²) in [5, 5.41) is 0. The van der Waals surface area contributed by atoms with Crippen LogP contribution in [0.25, 0.3) is 0 Å². The molecule has 1 heterocycles.